The third-order valence-electron chi connectivity index (χ3n) is 6.84. The highest BCUT2D eigenvalue weighted by Crippen LogP contribution is 2.34. The molecule has 3 aliphatic rings. The number of carbonyl (C=O) groups is 1. The van der Waals surface area contributed by atoms with Gasteiger partial charge in [0.15, 0.2) is 5.70 Å². The number of furan rings is 1. The molecule has 4 aromatic rings. The Bertz CT molecular complexity index is 1420. The summed E-state index contributed by atoms with van der Waals surface area (Å²) in [5.41, 5.74) is 3.91. The summed E-state index contributed by atoms with van der Waals surface area (Å²) in [6.45, 7) is 3.68. The topological polar surface area (TPSA) is 87.0 Å². The van der Waals surface area contributed by atoms with Gasteiger partial charge in [-0.25, -0.2) is 14.8 Å². The van der Waals surface area contributed by atoms with Crippen LogP contribution in [0.2, 0.25) is 0 Å². The second-order valence-corrected chi connectivity index (χ2v) is 8.92. The normalized spacial score (nSPS) is 23.7. The minimum atomic E-state index is -0.411. The lowest BCUT2D eigenvalue weighted by molar-refractivity contribution is -0.130. The number of nitrogens with zero attached hydrogens (tertiary/aromatic N) is 4. The fraction of sp³-hybridized carbons (Fsp3) is 0.240. The van der Waals surface area contributed by atoms with Crippen LogP contribution in [0.5, 0.6) is 0 Å². The molecule has 164 valence electrons. The molecule has 2 atom stereocenters. The summed E-state index contributed by atoms with van der Waals surface area (Å²) < 4.78 is 10.9. The van der Waals surface area contributed by atoms with Gasteiger partial charge in [-0.15, -0.1) is 0 Å². The van der Waals surface area contributed by atoms with Gasteiger partial charge in [0.25, 0.3) is 0 Å². The van der Waals surface area contributed by atoms with Crippen LogP contribution in [0, 0.1) is 11.8 Å². The average molecular weight is 439 g/mol. The molecule has 33 heavy (non-hydrogen) atoms. The zero-order valence-electron chi connectivity index (χ0n) is 17.8. The third-order valence-corrected chi connectivity index (χ3v) is 6.84. The number of benzene rings is 2. The Labute approximate surface area is 189 Å². The van der Waals surface area contributed by atoms with E-state index in [2.05, 4.69) is 25.8 Å². The Hall–Kier alpha value is -4.07. The van der Waals surface area contributed by atoms with Gasteiger partial charge >= 0.3 is 5.97 Å². The quantitative estimate of drug-likeness (QED) is 0.388. The monoisotopic (exact) mass is 439 g/mol. The molecule has 2 unspecified atom stereocenters. The number of cyclic esters (lactones) is 1. The fourth-order valence-electron chi connectivity index (χ4n) is 5.27. The number of H-pyrrole nitrogens is 1. The van der Waals surface area contributed by atoms with E-state index in [0.29, 0.717) is 23.4 Å². The lowest BCUT2D eigenvalue weighted by atomic mass is 10.0. The minimum absolute atomic E-state index is 0.328. The van der Waals surface area contributed by atoms with Crippen LogP contribution in [0.4, 0.5) is 5.95 Å². The van der Waals surface area contributed by atoms with Crippen molar-refractivity contribution in [2.45, 2.75) is 0 Å². The van der Waals surface area contributed by atoms with Gasteiger partial charge < -0.3 is 23.9 Å². The molecular weight excluding hydrogens is 418 g/mol. The van der Waals surface area contributed by atoms with Crippen molar-refractivity contribution in [1.29, 1.82) is 0 Å². The molecule has 0 bridgehead atoms. The van der Waals surface area contributed by atoms with Crippen molar-refractivity contribution in [3.8, 4) is 0 Å². The number of carbonyl (C=O) groups excluding carboxylic acids is 1. The predicted molar refractivity (Wildman–Crippen MR) is 124 cm³/mol. The Morgan fingerprint density at radius 2 is 1.85 bits per heavy atom. The van der Waals surface area contributed by atoms with Gasteiger partial charge in [-0.3, -0.25) is 0 Å². The number of aliphatic imine (C=N–C) groups is 1. The van der Waals surface area contributed by atoms with Crippen LogP contribution in [0.15, 0.2) is 76.1 Å². The lowest BCUT2D eigenvalue weighted by Crippen LogP contribution is -2.27. The summed E-state index contributed by atoms with van der Waals surface area (Å²) in [6, 6.07) is 15.6. The van der Waals surface area contributed by atoms with E-state index in [1.54, 1.807) is 6.26 Å². The first-order chi connectivity index (χ1) is 16.2. The summed E-state index contributed by atoms with van der Waals surface area (Å²) in [4.78, 5) is 29.7. The summed E-state index contributed by atoms with van der Waals surface area (Å²) in [5, 5.41) is 0.881. The van der Waals surface area contributed by atoms with Gasteiger partial charge in [0.2, 0.25) is 11.8 Å². The molecule has 0 spiro atoms. The maximum absolute atomic E-state index is 12.5. The highest BCUT2D eigenvalue weighted by atomic mass is 16.6. The Morgan fingerprint density at radius 1 is 1.00 bits per heavy atom. The van der Waals surface area contributed by atoms with Gasteiger partial charge in [-0.1, -0.05) is 18.2 Å². The highest BCUT2D eigenvalue weighted by molar-refractivity contribution is 6.15. The lowest BCUT2D eigenvalue weighted by Gasteiger charge is -2.20. The molecule has 8 nitrogen and oxygen atoms in total. The molecule has 5 heterocycles. The van der Waals surface area contributed by atoms with E-state index in [1.807, 2.05) is 48.7 Å². The van der Waals surface area contributed by atoms with Crippen LogP contribution < -0.4 is 4.90 Å². The largest absolute Gasteiger partial charge is 0.464 e. The summed E-state index contributed by atoms with van der Waals surface area (Å²) >= 11 is 0. The Kier molecular flexibility index (Phi) is 3.90. The van der Waals surface area contributed by atoms with Crippen molar-refractivity contribution < 1.29 is 13.9 Å². The number of rotatable bonds is 3. The number of hydrogen-bond donors (Lipinski definition) is 1. The van der Waals surface area contributed by atoms with E-state index in [9.17, 15) is 4.79 Å². The first kappa shape index (κ1) is 18.5. The summed E-state index contributed by atoms with van der Waals surface area (Å²) in [7, 11) is 0. The Balaban J connectivity index is 1.08. The number of hydrogen-bond acceptors (Lipinski definition) is 7. The summed E-state index contributed by atoms with van der Waals surface area (Å²) in [6.07, 6.45) is 3.48. The smallest absolute Gasteiger partial charge is 0.365 e. The number of ether oxygens (including phenoxy) is 1. The SMILES string of the molecule is O=C1OC(c2cccc3occc23)=NC1=CN1CC2CN(c3nc4ccccc4[nH]3)CC2C1. The predicted octanol–water partition coefficient (Wildman–Crippen LogP) is 3.52. The second kappa shape index (κ2) is 6.96. The molecule has 2 aromatic carbocycles. The van der Waals surface area contributed by atoms with E-state index >= 15 is 0 Å². The van der Waals surface area contributed by atoms with E-state index in [-0.39, 0.29) is 0 Å². The molecule has 3 aliphatic heterocycles. The van der Waals surface area contributed by atoms with Crippen molar-refractivity contribution in [1.82, 2.24) is 14.9 Å². The minimum Gasteiger partial charge on any atom is -0.464 e. The zero-order chi connectivity index (χ0) is 21.9. The zero-order valence-corrected chi connectivity index (χ0v) is 17.8. The van der Waals surface area contributed by atoms with Crippen LogP contribution in [-0.4, -0.2) is 52.9 Å². The van der Waals surface area contributed by atoms with Gasteiger partial charge in [-0.2, -0.15) is 0 Å². The van der Waals surface area contributed by atoms with Crippen molar-refractivity contribution in [3.63, 3.8) is 0 Å². The average Bonchev–Trinajstić information content (AvgIpc) is 3.61. The van der Waals surface area contributed by atoms with E-state index < -0.39 is 5.97 Å². The van der Waals surface area contributed by atoms with Crippen molar-refractivity contribution in [2.75, 3.05) is 31.1 Å². The number of imidazole rings is 1. The third kappa shape index (κ3) is 3.01. The number of para-hydroxylation sites is 2. The molecule has 0 aliphatic carbocycles. The van der Waals surface area contributed by atoms with Gasteiger partial charge in [0.1, 0.15) is 5.58 Å². The second-order valence-electron chi connectivity index (χ2n) is 8.92. The standard InChI is InChI=1S/C25H21N5O3/c31-24-21(26-23(33-24)18-4-3-7-22-17(18)8-9-32-22)14-29-10-15-12-30(13-16(15)11-29)25-27-19-5-1-2-6-20(19)28-25/h1-9,14-16H,10-13H2,(H,27,28). The van der Waals surface area contributed by atoms with Crippen LogP contribution in [-0.2, 0) is 9.53 Å². The Morgan fingerprint density at radius 3 is 2.70 bits per heavy atom. The van der Waals surface area contributed by atoms with Crippen LogP contribution in [0.3, 0.4) is 0 Å². The van der Waals surface area contributed by atoms with Crippen molar-refractivity contribution in [3.05, 3.63) is 72.3 Å². The van der Waals surface area contributed by atoms with E-state index in [4.69, 9.17) is 14.1 Å². The first-order valence-corrected chi connectivity index (χ1v) is 11.1. The molecule has 0 radical (unpaired) electrons. The van der Waals surface area contributed by atoms with Gasteiger partial charge in [0, 0.05) is 55.2 Å². The maximum Gasteiger partial charge on any atom is 0.365 e. The van der Waals surface area contributed by atoms with E-state index in [1.165, 1.54) is 0 Å². The number of aromatic amines is 1. The molecule has 2 fully saturated rings. The number of anilines is 1. The molecule has 7 rings (SSSR count). The van der Waals surface area contributed by atoms with Gasteiger partial charge in [-0.05, 0) is 30.3 Å². The molecule has 2 aromatic heterocycles. The van der Waals surface area contributed by atoms with Crippen LogP contribution >= 0.6 is 0 Å². The molecule has 0 saturated carbocycles. The number of nitrogens with one attached hydrogen (secondary N) is 1. The van der Waals surface area contributed by atoms with Crippen LogP contribution in [0.1, 0.15) is 5.56 Å². The fourth-order valence-corrected chi connectivity index (χ4v) is 5.27. The first-order valence-electron chi connectivity index (χ1n) is 11.1. The molecular formula is C25H21N5O3. The van der Waals surface area contributed by atoms with Crippen LogP contribution in [0.25, 0.3) is 22.0 Å². The number of likely N-dealkylation sites (tertiary alicyclic amines) is 1. The number of fused-ring (bicyclic) bond motifs is 3. The number of esters is 1. The molecule has 0 amide bonds. The summed E-state index contributed by atoms with van der Waals surface area (Å²) in [5.74, 6) is 1.91. The molecule has 1 N–H and O–H groups in total. The molecule has 8 heteroatoms. The maximum atomic E-state index is 12.5. The van der Waals surface area contributed by atoms with Gasteiger partial charge in [0.05, 0.1) is 17.3 Å². The molecule has 2 saturated heterocycles. The highest BCUT2D eigenvalue weighted by Gasteiger charge is 2.40. The van der Waals surface area contributed by atoms with Crippen molar-refractivity contribution >= 4 is 39.8 Å². The number of aromatic nitrogens is 2. The van der Waals surface area contributed by atoms with Crippen molar-refractivity contribution in [2.24, 2.45) is 16.8 Å². The van der Waals surface area contributed by atoms with E-state index in [0.717, 1.165) is 59.7 Å².